The largest absolute Gasteiger partial charge is 0.573 e. The minimum Gasteiger partial charge on any atom is -0.481 e. The first-order valence-electron chi connectivity index (χ1n) is 9.71. The summed E-state index contributed by atoms with van der Waals surface area (Å²) in [5, 5.41) is 14.4. The van der Waals surface area contributed by atoms with Crippen molar-refractivity contribution in [2.24, 2.45) is 0 Å². The highest BCUT2D eigenvalue weighted by atomic mass is 19.4. The molecule has 1 amide bonds. The van der Waals surface area contributed by atoms with Gasteiger partial charge in [-0.1, -0.05) is 24.3 Å². The van der Waals surface area contributed by atoms with Gasteiger partial charge >= 0.3 is 12.3 Å². The zero-order valence-electron chi connectivity index (χ0n) is 17.6. The number of hydrogen-bond donors (Lipinski definition) is 3. The van der Waals surface area contributed by atoms with Crippen LogP contribution in [0.4, 0.5) is 13.2 Å². The van der Waals surface area contributed by atoms with Gasteiger partial charge in [0.1, 0.15) is 11.4 Å². The van der Waals surface area contributed by atoms with Gasteiger partial charge in [-0.05, 0) is 48.7 Å². The molecule has 11 heteroatoms. The molecule has 1 unspecified atom stereocenters. The Morgan fingerprint density at radius 1 is 1.12 bits per heavy atom. The summed E-state index contributed by atoms with van der Waals surface area (Å²) in [5.41, 5.74) is 1.91. The third-order valence-corrected chi connectivity index (χ3v) is 4.77. The van der Waals surface area contributed by atoms with E-state index in [-0.39, 0.29) is 11.3 Å². The summed E-state index contributed by atoms with van der Waals surface area (Å²) < 4.78 is 42.0. The van der Waals surface area contributed by atoms with E-state index in [9.17, 15) is 32.7 Å². The van der Waals surface area contributed by atoms with Crippen molar-refractivity contribution in [2.45, 2.75) is 32.7 Å². The number of benzene rings is 2. The van der Waals surface area contributed by atoms with Crippen LogP contribution in [-0.4, -0.2) is 33.1 Å². The van der Waals surface area contributed by atoms with E-state index in [0.29, 0.717) is 5.69 Å². The molecule has 2 aromatic carbocycles. The third kappa shape index (κ3) is 6.03. The van der Waals surface area contributed by atoms with Gasteiger partial charge in [-0.15, -0.1) is 13.2 Å². The van der Waals surface area contributed by atoms with E-state index in [1.807, 2.05) is 19.1 Å². The second-order valence-corrected chi connectivity index (χ2v) is 7.37. The average molecular weight is 463 g/mol. The molecule has 0 spiro atoms. The Morgan fingerprint density at radius 2 is 1.79 bits per heavy atom. The smallest absolute Gasteiger partial charge is 0.481 e. The van der Waals surface area contributed by atoms with Crippen LogP contribution in [0.1, 0.15) is 39.6 Å². The van der Waals surface area contributed by atoms with E-state index >= 15 is 0 Å². The minimum absolute atomic E-state index is 0.103. The van der Waals surface area contributed by atoms with Gasteiger partial charge in [0.05, 0.1) is 18.2 Å². The van der Waals surface area contributed by atoms with Crippen LogP contribution in [0.25, 0.3) is 5.69 Å². The van der Waals surface area contributed by atoms with Crippen molar-refractivity contribution in [1.29, 1.82) is 0 Å². The molecule has 33 heavy (non-hydrogen) atoms. The zero-order valence-corrected chi connectivity index (χ0v) is 17.6. The lowest BCUT2D eigenvalue weighted by Crippen LogP contribution is -2.30. The quantitative estimate of drug-likeness (QED) is 0.495. The van der Waals surface area contributed by atoms with Crippen LogP contribution in [0.2, 0.25) is 0 Å². The summed E-state index contributed by atoms with van der Waals surface area (Å²) in [4.78, 5) is 36.5. The number of carbonyl (C=O) groups excluding carboxylic acids is 1. The van der Waals surface area contributed by atoms with Gasteiger partial charge in [0, 0.05) is 6.07 Å². The summed E-state index contributed by atoms with van der Waals surface area (Å²) in [6, 6.07) is 9.96. The van der Waals surface area contributed by atoms with Crippen molar-refractivity contribution in [1.82, 2.24) is 15.1 Å². The summed E-state index contributed by atoms with van der Waals surface area (Å²) in [6.45, 7) is 3.66. The molecule has 0 fully saturated rings. The normalized spacial score (nSPS) is 12.3. The SMILES string of the molecule is Cc1ccc(C)c(-n2[nH]c(C(=O)NC(CC(=O)O)c3ccc(OC(F)(F)F)cc3)cc2=O)c1. The van der Waals surface area contributed by atoms with Crippen molar-refractivity contribution >= 4 is 11.9 Å². The van der Waals surface area contributed by atoms with Gasteiger partial charge in [0.25, 0.3) is 11.5 Å². The molecule has 3 N–H and O–H groups in total. The summed E-state index contributed by atoms with van der Waals surface area (Å²) in [7, 11) is 0. The Labute approximate surface area is 185 Å². The van der Waals surface area contributed by atoms with Crippen LogP contribution in [0.5, 0.6) is 5.75 Å². The molecule has 0 aliphatic rings. The number of carboxylic acids is 1. The number of ether oxygens (including phenoxy) is 1. The molecule has 3 rings (SSSR count). The number of aliphatic carboxylic acids is 1. The standard InChI is InChI=1S/C22H20F3N3O5/c1-12-3-4-13(2)18(9-12)28-19(29)10-17(27-28)21(32)26-16(11-20(30)31)14-5-7-15(8-6-14)33-22(23,24)25/h3-10,16,27H,11H2,1-2H3,(H,26,32)(H,30,31). The van der Waals surface area contributed by atoms with Crippen LogP contribution >= 0.6 is 0 Å². The van der Waals surface area contributed by atoms with Crippen molar-refractivity contribution in [3.8, 4) is 11.4 Å². The summed E-state index contributed by atoms with van der Waals surface area (Å²) in [5.74, 6) is -2.48. The third-order valence-electron chi connectivity index (χ3n) is 4.77. The maximum atomic E-state index is 12.8. The van der Waals surface area contributed by atoms with Gasteiger partial charge < -0.3 is 15.2 Å². The highest BCUT2D eigenvalue weighted by Gasteiger charge is 2.31. The molecule has 0 saturated heterocycles. The molecule has 174 valence electrons. The van der Waals surface area contributed by atoms with E-state index in [4.69, 9.17) is 0 Å². The second kappa shape index (κ2) is 9.23. The van der Waals surface area contributed by atoms with Gasteiger partial charge in [-0.2, -0.15) is 0 Å². The number of H-pyrrole nitrogens is 1. The van der Waals surface area contributed by atoms with E-state index in [0.717, 1.165) is 29.3 Å². The fourth-order valence-corrected chi connectivity index (χ4v) is 3.22. The molecular formula is C22H20F3N3O5. The lowest BCUT2D eigenvalue weighted by molar-refractivity contribution is -0.274. The van der Waals surface area contributed by atoms with Crippen molar-refractivity contribution in [2.75, 3.05) is 0 Å². The van der Waals surface area contributed by atoms with E-state index in [1.165, 1.54) is 16.8 Å². The maximum absolute atomic E-state index is 12.8. The molecule has 1 aromatic heterocycles. The van der Waals surface area contributed by atoms with Crippen molar-refractivity contribution < 1.29 is 32.6 Å². The van der Waals surface area contributed by atoms with Crippen LogP contribution in [0, 0.1) is 13.8 Å². The summed E-state index contributed by atoms with van der Waals surface area (Å²) in [6.07, 6.45) is -5.40. The van der Waals surface area contributed by atoms with Gasteiger partial charge in [0.2, 0.25) is 0 Å². The molecule has 0 aliphatic heterocycles. The number of alkyl halides is 3. The van der Waals surface area contributed by atoms with Gasteiger partial charge in [0.15, 0.2) is 0 Å². The molecule has 1 heterocycles. The average Bonchev–Trinajstić information content (AvgIpc) is 3.10. The van der Waals surface area contributed by atoms with E-state index in [1.54, 1.807) is 13.0 Å². The maximum Gasteiger partial charge on any atom is 0.573 e. The Bertz CT molecular complexity index is 1230. The molecule has 0 saturated carbocycles. The van der Waals surface area contributed by atoms with Crippen molar-refractivity contribution in [3.05, 3.63) is 81.3 Å². The number of nitrogens with zero attached hydrogens (tertiary/aromatic N) is 1. The first-order chi connectivity index (χ1) is 15.4. The molecule has 0 aliphatic carbocycles. The predicted octanol–water partition coefficient (Wildman–Crippen LogP) is 3.63. The Kier molecular flexibility index (Phi) is 6.61. The first-order valence-corrected chi connectivity index (χ1v) is 9.71. The van der Waals surface area contributed by atoms with Gasteiger partial charge in [-0.25, -0.2) is 4.68 Å². The van der Waals surface area contributed by atoms with Crippen LogP contribution in [0.15, 0.2) is 53.3 Å². The monoisotopic (exact) mass is 463 g/mol. The lowest BCUT2D eigenvalue weighted by atomic mass is 10.0. The number of carbonyl (C=O) groups is 2. The summed E-state index contributed by atoms with van der Waals surface area (Å²) >= 11 is 0. The van der Waals surface area contributed by atoms with E-state index in [2.05, 4.69) is 15.2 Å². The lowest BCUT2D eigenvalue weighted by Gasteiger charge is -2.18. The highest BCUT2D eigenvalue weighted by molar-refractivity contribution is 5.92. The number of rotatable bonds is 7. The fraction of sp³-hybridized carbons (Fsp3) is 0.227. The minimum atomic E-state index is -4.87. The predicted molar refractivity (Wildman–Crippen MR) is 111 cm³/mol. The number of aromatic amines is 1. The molecule has 0 bridgehead atoms. The number of nitrogens with one attached hydrogen (secondary N) is 2. The number of amides is 1. The molecular weight excluding hydrogens is 443 g/mol. The van der Waals surface area contributed by atoms with Gasteiger partial charge in [-0.3, -0.25) is 19.5 Å². The number of carboxylic acid groups (broad SMARTS) is 1. The Morgan fingerprint density at radius 3 is 2.39 bits per heavy atom. The molecule has 0 radical (unpaired) electrons. The second-order valence-electron chi connectivity index (χ2n) is 7.37. The number of aromatic nitrogens is 2. The van der Waals surface area contributed by atoms with E-state index < -0.39 is 42.0 Å². The molecule has 1 atom stereocenters. The molecule has 3 aromatic rings. The van der Waals surface area contributed by atoms with Crippen LogP contribution in [-0.2, 0) is 4.79 Å². The topological polar surface area (TPSA) is 113 Å². The number of halogens is 3. The number of aryl methyl sites for hydroxylation is 2. The first kappa shape index (κ1) is 23.6. The Hall–Kier alpha value is -4.02. The Balaban J connectivity index is 1.85. The fourth-order valence-electron chi connectivity index (χ4n) is 3.22. The van der Waals surface area contributed by atoms with Crippen molar-refractivity contribution in [3.63, 3.8) is 0 Å². The molecule has 8 nitrogen and oxygen atoms in total. The zero-order chi connectivity index (χ0) is 24.3. The van der Waals surface area contributed by atoms with Crippen LogP contribution in [0.3, 0.4) is 0 Å². The highest BCUT2D eigenvalue weighted by Crippen LogP contribution is 2.25. The van der Waals surface area contributed by atoms with Crippen LogP contribution < -0.4 is 15.6 Å². The number of hydrogen-bond acceptors (Lipinski definition) is 4.